The summed E-state index contributed by atoms with van der Waals surface area (Å²) >= 11 is 0. The molecule has 1 aliphatic heterocycles. The van der Waals surface area contributed by atoms with E-state index in [2.05, 4.69) is 6.92 Å². The summed E-state index contributed by atoms with van der Waals surface area (Å²) in [6, 6.07) is 7.75. The Kier molecular flexibility index (Phi) is 5.55. The van der Waals surface area contributed by atoms with Crippen LogP contribution in [0.4, 0.5) is 0 Å². The molecule has 1 atom stereocenters. The minimum Gasteiger partial charge on any atom is -0.376 e. The van der Waals surface area contributed by atoms with Crippen molar-refractivity contribution in [3.8, 4) is 0 Å². The summed E-state index contributed by atoms with van der Waals surface area (Å²) in [6.45, 7) is 3.59. The molecule has 0 aliphatic carbocycles. The minimum atomic E-state index is 0.0402. The first-order valence-electron chi connectivity index (χ1n) is 7.11. The summed E-state index contributed by atoms with van der Waals surface area (Å²) in [5, 5.41) is 0. The molecule has 3 nitrogen and oxygen atoms in total. The second kappa shape index (κ2) is 7.41. The number of hydrogen-bond donors (Lipinski definition) is 0. The zero-order valence-electron chi connectivity index (χ0n) is 11.6. The molecule has 0 amide bonds. The van der Waals surface area contributed by atoms with Gasteiger partial charge in [0.15, 0.2) is 5.78 Å². The first kappa shape index (κ1) is 14.2. The fraction of sp³-hybridized carbons (Fsp3) is 0.562. The summed E-state index contributed by atoms with van der Waals surface area (Å²) < 4.78 is 11.0. The number of carbonyl (C=O) groups is 1. The van der Waals surface area contributed by atoms with Gasteiger partial charge >= 0.3 is 0 Å². The van der Waals surface area contributed by atoms with Crippen molar-refractivity contribution in [3.05, 3.63) is 35.4 Å². The quantitative estimate of drug-likeness (QED) is 0.739. The van der Waals surface area contributed by atoms with Gasteiger partial charge < -0.3 is 9.47 Å². The van der Waals surface area contributed by atoms with Gasteiger partial charge in [-0.15, -0.1) is 0 Å². The number of ether oxygens (including phenoxy) is 2. The van der Waals surface area contributed by atoms with E-state index in [0.717, 1.165) is 31.4 Å². The van der Waals surface area contributed by atoms with Crippen LogP contribution in [0.3, 0.4) is 0 Å². The van der Waals surface area contributed by atoms with Crippen molar-refractivity contribution < 1.29 is 14.3 Å². The normalized spacial score (nSPS) is 19.3. The molecule has 3 heteroatoms. The lowest BCUT2D eigenvalue weighted by atomic mass is 10.1. The van der Waals surface area contributed by atoms with Gasteiger partial charge in [-0.05, 0) is 31.2 Å². The van der Waals surface area contributed by atoms with Crippen molar-refractivity contribution >= 4 is 5.78 Å². The van der Waals surface area contributed by atoms with Crippen LogP contribution in [0.5, 0.6) is 0 Å². The Morgan fingerprint density at radius 3 is 2.74 bits per heavy atom. The number of rotatable bonds is 6. The predicted octanol–water partition coefficient (Wildman–Crippen LogP) is 3.02. The fourth-order valence-corrected chi connectivity index (χ4v) is 2.23. The zero-order valence-corrected chi connectivity index (χ0v) is 11.6. The minimum absolute atomic E-state index is 0.0402. The monoisotopic (exact) mass is 262 g/mol. The van der Waals surface area contributed by atoms with Crippen molar-refractivity contribution in [1.29, 1.82) is 0 Å². The highest BCUT2D eigenvalue weighted by Gasteiger charge is 2.14. The third kappa shape index (κ3) is 4.44. The molecule has 0 N–H and O–H groups in total. The van der Waals surface area contributed by atoms with Crippen LogP contribution < -0.4 is 0 Å². The van der Waals surface area contributed by atoms with Crippen LogP contribution in [0.1, 0.15) is 42.1 Å². The molecule has 0 radical (unpaired) electrons. The Bertz CT molecular complexity index is 391. The second-order valence-electron chi connectivity index (χ2n) is 4.98. The van der Waals surface area contributed by atoms with E-state index in [1.807, 2.05) is 24.3 Å². The highest BCUT2D eigenvalue weighted by Crippen LogP contribution is 2.13. The Hall–Kier alpha value is -1.19. The summed E-state index contributed by atoms with van der Waals surface area (Å²) in [4.78, 5) is 11.9. The highest BCUT2D eigenvalue weighted by molar-refractivity contribution is 5.97. The maximum Gasteiger partial charge on any atom is 0.188 e. The molecule has 1 aliphatic rings. The van der Waals surface area contributed by atoms with Gasteiger partial charge in [-0.1, -0.05) is 31.2 Å². The largest absolute Gasteiger partial charge is 0.376 e. The molecule has 0 aromatic heterocycles. The standard InChI is InChI=1S/C16H22O3/c1-2-13-6-8-14(9-7-13)16(17)12-18-11-15-5-3-4-10-19-15/h6-9,15H,2-5,10-12H2,1H3. The van der Waals surface area contributed by atoms with Crippen LogP contribution in [0.15, 0.2) is 24.3 Å². The summed E-state index contributed by atoms with van der Waals surface area (Å²) in [7, 11) is 0. The summed E-state index contributed by atoms with van der Waals surface area (Å²) in [5.74, 6) is 0.0402. The van der Waals surface area contributed by atoms with Crippen molar-refractivity contribution in [2.45, 2.75) is 38.7 Å². The third-order valence-electron chi connectivity index (χ3n) is 3.50. The molecular formula is C16H22O3. The second-order valence-corrected chi connectivity index (χ2v) is 4.98. The lowest BCUT2D eigenvalue weighted by molar-refractivity contribution is -0.0370. The van der Waals surface area contributed by atoms with Gasteiger partial charge in [-0.3, -0.25) is 4.79 Å². The molecule has 2 rings (SSSR count). The first-order valence-corrected chi connectivity index (χ1v) is 7.11. The number of hydrogen-bond acceptors (Lipinski definition) is 3. The van der Waals surface area contributed by atoms with Crippen molar-refractivity contribution in [3.63, 3.8) is 0 Å². The van der Waals surface area contributed by atoms with Crippen molar-refractivity contribution in [2.24, 2.45) is 0 Å². The summed E-state index contributed by atoms with van der Waals surface area (Å²) in [5.41, 5.74) is 1.97. The molecule has 1 unspecified atom stereocenters. The predicted molar refractivity (Wildman–Crippen MR) is 74.6 cm³/mol. The number of benzene rings is 1. The van der Waals surface area contributed by atoms with E-state index >= 15 is 0 Å². The Morgan fingerprint density at radius 2 is 2.11 bits per heavy atom. The van der Waals surface area contributed by atoms with Crippen LogP contribution in [0, 0.1) is 0 Å². The third-order valence-corrected chi connectivity index (χ3v) is 3.50. The topological polar surface area (TPSA) is 35.5 Å². The van der Waals surface area contributed by atoms with E-state index in [1.165, 1.54) is 12.0 Å². The van der Waals surface area contributed by atoms with Crippen LogP contribution in [-0.4, -0.2) is 31.7 Å². The van der Waals surface area contributed by atoms with Crippen molar-refractivity contribution in [1.82, 2.24) is 0 Å². The van der Waals surface area contributed by atoms with E-state index in [-0.39, 0.29) is 18.5 Å². The van der Waals surface area contributed by atoms with Crippen molar-refractivity contribution in [2.75, 3.05) is 19.8 Å². The summed E-state index contributed by atoms with van der Waals surface area (Å²) in [6.07, 6.45) is 4.53. The van der Waals surface area contributed by atoms with Crippen LogP contribution in [-0.2, 0) is 15.9 Å². The molecule has 19 heavy (non-hydrogen) atoms. The van der Waals surface area contributed by atoms with E-state index in [9.17, 15) is 4.79 Å². The molecule has 1 aromatic rings. The lowest BCUT2D eigenvalue weighted by Gasteiger charge is -2.22. The lowest BCUT2D eigenvalue weighted by Crippen LogP contribution is -2.25. The van der Waals surface area contributed by atoms with Gasteiger partial charge in [0.25, 0.3) is 0 Å². The SMILES string of the molecule is CCc1ccc(C(=O)COCC2CCCCO2)cc1. The molecule has 0 spiro atoms. The van der Waals surface area contributed by atoms with E-state index in [1.54, 1.807) is 0 Å². The first-order chi connectivity index (χ1) is 9.29. The molecule has 1 aromatic carbocycles. The van der Waals surface area contributed by atoms with Gasteiger partial charge in [0.05, 0.1) is 12.7 Å². The van der Waals surface area contributed by atoms with Gasteiger partial charge in [0.2, 0.25) is 0 Å². The maximum atomic E-state index is 11.9. The number of ketones is 1. The average Bonchev–Trinajstić information content (AvgIpc) is 2.48. The molecule has 1 heterocycles. The molecule has 1 fully saturated rings. The number of aryl methyl sites for hydroxylation is 1. The van der Waals surface area contributed by atoms with Gasteiger partial charge in [0, 0.05) is 12.2 Å². The molecule has 0 bridgehead atoms. The van der Waals surface area contributed by atoms with Gasteiger partial charge in [0.1, 0.15) is 6.61 Å². The Morgan fingerprint density at radius 1 is 1.32 bits per heavy atom. The molecule has 104 valence electrons. The van der Waals surface area contributed by atoms with Gasteiger partial charge in [-0.2, -0.15) is 0 Å². The molecule has 1 saturated heterocycles. The Labute approximate surface area is 114 Å². The average molecular weight is 262 g/mol. The highest BCUT2D eigenvalue weighted by atomic mass is 16.5. The van der Waals surface area contributed by atoms with E-state index in [4.69, 9.17) is 9.47 Å². The number of Topliss-reactive ketones (excluding diaryl/α,β-unsaturated/α-hetero) is 1. The Balaban J connectivity index is 1.73. The fourth-order valence-electron chi connectivity index (χ4n) is 2.23. The zero-order chi connectivity index (χ0) is 13.5. The van der Waals surface area contributed by atoms with Crippen LogP contribution >= 0.6 is 0 Å². The molecular weight excluding hydrogens is 240 g/mol. The van der Waals surface area contributed by atoms with Crippen LogP contribution in [0.2, 0.25) is 0 Å². The van der Waals surface area contributed by atoms with E-state index < -0.39 is 0 Å². The molecule has 0 saturated carbocycles. The van der Waals surface area contributed by atoms with Crippen LogP contribution in [0.25, 0.3) is 0 Å². The maximum absolute atomic E-state index is 11.9. The van der Waals surface area contributed by atoms with E-state index in [0.29, 0.717) is 6.61 Å². The van der Waals surface area contributed by atoms with Gasteiger partial charge in [-0.25, -0.2) is 0 Å². The smallest absolute Gasteiger partial charge is 0.188 e. The number of carbonyl (C=O) groups excluding carboxylic acids is 1.